The number of benzene rings is 11. The standard InChI is InChI=1S/C56H37N/c1-4-15-47-40(11-1)14-9-20-48(47)42-25-23-38(24-26-42)39-27-32-45(33-28-39)57(56-37-44-13-3-6-17-51(44)53-18-7-8-19-55(53)56)46-34-29-43(30-35-46)50-21-10-22-52-49-16-5-2-12-41(49)31-36-54(50)52/h1-37H. The lowest BCUT2D eigenvalue weighted by Crippen LogP contribution is -2.10. The Bertz CT molecular complexity index is 3260. The molecule has 0 atom stereocenters. The number of anilines is 3. The van der Waals surface area contributed by atoms with Crippen molar-refractivity contribution in [2.45, 2.75) is 0 Å². The third-order valence-electron chi connectivity index (χ3n) is 11.7. The van der Waals surface area contributed by atoms with Gasteiger partial charge < -0.3 is 4.90 Å². The summed E-state index contributed by atoms with van der Waals surface area (Å²) in [6, 6.07) is 82.0. The van der Waals surface area contributed by atoms with Gasteiger partial charge in [-0.2, -0.15) is 0 Å². The van der Waals surface area contributed by atoms with Gasteiger partial charge in [-0.1, -0.05) is 194 Å². The molecular formula is C56H37N. The SMILES string of the molecule is c1ccc2c(-c3ccc(-c4ccc(N(c5ccc(-c6cccc7c6ccc6ccccc67)cc5)c5cc6ccccc6c6ccccc56)cc4)cc3)cccc2c1. The molecule has 1 heteroatoms. The highest BCUT2D eigenvalue weighted by Crippen LogP contribution is 2.43. The summed E-state index contributed by atoms with van der Waals surface area (Å²) >= 11 is 0. The molecule has 0 spiro atoms. The van der Waals surface area contributed by atoms with E-state index in [4.69, 9.17) is 0 Å². The maximum Gasteiger partial charge on any atom is 0.0546 e. The van der Waals surface area contributed by atoms with Crippen molar-refractivity contribution in [2.24, 2.45) is 0 Å². The van der Waals surface area contributed by atoms with Gasteiger partial charge in [0, 0.05) is 16.8 Å². The molecule has 1 nitrogen and oxygen atoms in total. The van der Waals surface area contributed by atoms with E-state index in [9.17, 15) is 0 Å². The Morgan fingerprint density at radius 2 is 0.632 bits per heavy atom. The van der Waals surface area contributed by atoms with Crippen LogP contribution in [0, 0.1) is 0 Å². The molecule has 0 saturated carbocycles. The lowest BCUT2D eigenvalue weighted by molar-refractivity contribution is 1.30. The molecule has 57 heavy (non-hydrogen) atoms. The minimum atomic E-state index is 1.11. The molecule has 0 aliphatic rings. The van der Waals surface area contributed by atoms with Crippen LogP contribution in [-0.4, -0.2) is 0 Å². The Balaban J connectivity index is 1.01. The van der Waals surface area contributed by atoms with Crippen molar-refractivity contribution < 1.29 is 0 Å². The molecule has 0 aliphatic carbocycles. The Morgan fingerprint density at radius 1 is 0.228 bits per heavy atom. The van der Waals surface area contributed by atoms with Gasteiger partial charge in [-0.05, 0) is 112 Å². The van der Waals surface area contributed by atoms with Crippen molar-refractivity contribution >= 4 is 70.9 Å². The van der Waals surface area contributed by atoms with Crippen LogP contribution in [0.25, 0.3) is 87.2 Å². The van der Waals surface area contributed by atoms with Crippen LogP contribution in [-0.2, 0) is 0 Å². The van der Waals surface area contributed by atoms with Crippen molar-refractivity contribution in [1.82, 2.24) is 0 Å². The number of nitrogens with zero attached hydrogens (tertiary/aromatic N) is 1. The number of hydrogen-bond donors (Lipinski definition) is 0. The highest BCUT2D eigenvalue weighted by atomic mass is 15.1. The Kier molecular flexibility index (Phi) is 7.89. The zero-order valence-electron chi connectivity index (χ0n) is 31.3. The molecule has 0 N–H and O–H groups in total. The lowest BCUT2D eigenvalue weighted by atomic mass is 9.94. The second kappa shape index (κ2) is 13.7. The van der Waals surface area contributed by atoms with E-state index in [2.05, 4.69) is 229 Å². The van der Waals surface area contributed by atoms with E-state index in [1.54, 1.807) is 0 Å². The lowest BCUT2D eigenvalue weighted by Gasteiger charge is -2.28. The molecule has 0 amide bonds. The predicted octanol–water partition coefficient (Wildman–Crippen LogP) is 15.9. The molecule has 0 radical (unpaired) electrons. The highest BCUT2D eigenvalue weighted by molar-refractivity contribution is 6.15. The maximum atomic E-state index is 2.42. The molecule has 0 aromatic heterocycles. The summed E-state index contributed by atoms with van der Waals surface area (Å²) < 4.78 is 0. The van der Waals surface area contributed by atoms with E-state index >= 15 is 0 Å². The third kappa shape index (κ3) is 5.72. The quantitative estimate of drug-likeness (QED) is 0.154. The summed E-state index contributed by atoms with van der Waals surface area (Å²) in [5, 5.41) is 12.6. The second-order valence-electron chi connectivity index (χ2n) is 14.9. The molecule has 0 fully saturated rings. The van der Waals surface area contributed by atoms with Gasteiger partial charge >= 0.3 is 0 Å². The fourth-order valence-corrected chi connectivity index (χ4v) is 8.85. The van der Waals surface area contributed by atoms with Gasteiger partial charge in [0.15, 0.2) is 0 Å². The number of fused-ring (bicyclic) bond motifs is 7. The van der Waals surface area contributed by atoms with Crippen LogP contribution in [0.1, 0.15) is 0 Å². The summed E-state index contributed by atoms with van der Waals surface area (Å²) in [4.78, 5) is 2.42. The van der Waals surface area contributed by atoms with E-state index in [0.29, 0.717) is 0 Å². The van der Waals surface area contributed by atoms with E-state index < -0.39 is 0 Å². The van der Waals surface area contributed by atoms with Crippen LogP contribution in [0.3, 0.4) is 0 Å². The Hall–Kier alpha value is -7.48. The molecule has 11 rings (SSSR count). The van der Waals surface area contributed by atoms with Crippen LogP contribution in [0.2, 0.25) is 0 Å². The van der Waals surface area contributed by atoms with Crippen LogP contribution >= 0.6 is 0 Å². The van der Waals surface area contributed by atoms with Crippen molar-refractivity contribution in [3.63, 3.8) is 0 Å². The molecule has 266 valence electrons. The first-order valence-electron chi connectivity index (χ1n) is 19.7. The average molecular weight is 724 g/mol. The maximum absolute atomic E-state index is 2.42. The highest BCUT2D eigenvalue weighted by Gasteiger charge is 2.18. The summed E-state index contributed by atoms with van der Waals surface area (Å²) in [6.45, 7) is 0. The van der Waals surface area contributed by atoms with Crippen molar-refractivity contribution in [2.75, 3.05) is 4.90 Å². The molecule has 0 bridgehead atoms. The van der Waals surface area contributed by atoms with Crippen LogP contribution in [0.15, 0.2) is 224 Å². The van der Waals surface area contributed by atoms with E-state index in [1.807, 2.05) is 0 Å². The summed E-state index contributed by atoms with van der Waals surface area (Å²) in [5.74, 6) is 0. The van der Waals surface area contributed by atoms with Crippen molar-refractivity contribution in [1.29, 1.82) is 0 Å². The fourth-order valence-electron chi connectivity index (χ4n) is 8.85. The summed E-state index contributed by atoms with van der Waals surface area (Å²) in [6.07, 6.45) is 0. The number of rotatable bonds is 6. The summed E-state index contributed by atoms with van der Waals surface area (Å²) in [5.41, 5.74) is 10.7. The minimum Gasteiger partial charge on any atom is -0.310 e. The van der Waals surface area contributed by atoms with Crippen LogP contribution in [0.5, 0.6) is 0 Å². The van der Waals surface area contributed by atoms with Gasteiger partial charge in [-0.25, -0.2) is 0 Å². The van der Waals surface area contributed by atoms with Gasteiger partial charge in [-0.3, -0.25) is 0 Å². The van der Waals surface area contributed by atoms with Crippen molar-refractivity contribution in [3.8, 4) is 33.4 Å². The van der Waals surface area contributed by atoms with E-state index in [0.717, 1.165) is 17.1 Å². The Labute approximate surface area is 332 Å². The molecule has 0 unspecified atom stereocenters. The first-order valence-corrected chi connectivity index (χ1v) is 19.7. The molecule has 11 aromatic rings. The molecule has 0 heterocycles. The van der Waals surface area contributed by atoms with Gasteiger partial charge in [0.05, 0.1) is 5.69 Å². The molecule has 0 aliphatic heterocycles. The largest absolute Gasteiger partial charge is 0.310 e. The molecule has 0 saturated heterocycles. The first kappa shape index (κ1) is 32.9. The van der Waals surface area contributed by atoms with Crippen LogP contribution in [0.4, 0.5) is 17.1 Å². The fraction of sp³-hybridized carbons (Fsp3) is 0. The Morgan fingerprint density at radius 3 is 1.30 bits per heavy atom. The van der Waals surface area contributed by atoms with E-state index in [1.165, 1.54) is 87.2 Å². The van der Waals surface area contributed by atoms with E-state index in [-0.39, 0.29) is 0 Å². The second-order valence-corrected chi connectivity index (χ2v) is 14.9. The van der Waals surface area contributed by atoms with Gasteiger partial charge in [0.1, 0.15) is 0 Å². The number of hydrogen-bond acceptors (Lipinski definition) is 1. The molecular weight excluding hydrogens is 687 g/mol. The third-order valence-corrected chi connectivity index (χ3v) is 11.7. The monoisotopic (exact) mass is 723 g/mol. The normalized spacial score (nSPS) is 11.5. The van der Waals surface area contributed by atoms with Gasteiger partial charge in [0.2, 0.25) is 0 Å². The smallest absolute Gasteiger partial charge is 0.0546 e. The predicted molar refractivity (Wildman–Crippen MR) is 245 cm³/mol. The minimum absolute atomic E-state index is 1.11. The summed E-state index contributed by atoms with van der Waals surface area (Å²) in [7, 11) is 0. The zero-order chi connectivity index (χ0) is 37.7. The average Bonchev–Trinajstić information content (AvgIpc) is 3.29. The van der Waals surface area contributed by atoms with Crippen molar-refractivity contribution in [3.05, 3.63) is 224 Å². The first-order chi connectivity index (χ1) is 28.3. The van der Waals surface area contributed by atoms with Gasteiger partial charge in [-0.15, -0.1) is 0 Å². The zero-order valence-corrected chi connectivity index (χ0v) is 31.3. The topological polar surface area (TPSA) is 3.24 Å². The molecule has 11 aromatic carbocycles. The van der Waals surface area contributed by atoms with Gasteiger partial charge in [0.25, 0.3) is 0 Å². The van der Waals surface area contributed by atoms with Crippen LogP contribution < -0.4 is 4.90 Å².